The largest absolute Gasteiger partial charge is 4.00 e. The standard InChI is InChI=1S/2Na.O4Si.Zr/c;;1-5(2,3)4;/q2*+1;-4;+4. The summed E-state index contributed by atoms with van der Waals surface area (Å²) in [6.45, 7) is 0. The van der Waals surface area contributed by atoms with Crippen molar-refractivity contribution in [3.8, 4) is 0 Å². The second-order valence-corrected chi connectivity index (χ2v) is 1.50. The molecule has 0 saturated heterocycles. The van der Waals surface area contributed by atoms with Gasteiger partial charge in [-0.2, -0.15) is 0 Å². The van der Waals surface area contributed by atoms with Crippen LogP contribution in [0.4, 0.5) is 0 Å². The summed E-state index contributed by atoms with van der Waals surface area (Å²) in [5.74, 6) is 0. The van der Waals surface area contributed by atoms with Crippen molar-refractivity contribution in [1.82, 2.24) is 0 Å². The molecule has 0 bridgehead atoms. The molecular formula is Na2O4SiZr+2. The summed E-state index contributed by atoms with van der Waals surface area (Å²) in [6.07, 6.45) is 0. The van der Waals surface area contributed by atoms with Crippen molar-refractivity contribution < 1.29 is 105 Å². The maximum absolute atomic E-state index is 8.58. The zero-order chi connectivity index (χ0) is 4.50. The van der Waals surface area contributed by atoms with E-state index in [0.717, 1.165) is 0 Å². The minimum atomic E-state index is -5.61. The van der Waals surface area contributed by atoms with E-state index in [1.54, 1.807) is 0 Å². The fraction of sp³-hybridized carbons (Fsp3) is 0. The van der Waals surface area contributed by atoms with Crippen LogP contribution < -0.4 is 78.3 Å². The van der Waals surface area contributed by atoms with Gasteiger partial charge in [-0.15, -0.1) is 0 Å². The molecule has 0 radical (unpaired) electrons. The summed E-state index contributed by atoms with van der Waals surface area (Å²) in [5, 5.41) is 0. The monoisotopic (exact) mass is 228 g/mol. The molecule has 0 aliphatic heterocycles. The third-order valence-electron chi connectivity index (χ3n) is 0. The van der Waals surface area contributed by atoms with Gasteiger partial charge >= 0.3 is 85.3 Å². The first kappa shape index (κ1) is 22.4. The van der Waals surface area contributed by atoms with Crippen LogP contribution in [0.3, 0.4) is 0 Å². The molecule has 0 fully saturated rings. The third-order valence-corrected chi connectivity index (χ3v) is 0. The summed E-state index contributed by atoms with van der Waals surface area (Å²) >= 11 is 0. The van der Waals surface area contributed by atoms with Gasteiger partial charge in [-0.3, -0.25) is 0 Å². The molecule has 0 aliphatic rings. The predicted octanol–water partition coefficient (Wildman–Crippen LogP) is -11.1. The van der Waals surface area contributed by atoms with Gasteiger partial charge in [-0.25, -0.2) is 0 Å². The van der Waals surface area contributed by atoms with E-state index in [1.165, 1.54) is 0 Å². The molecule has 8 heavy (non-hydrogen) atoms. The Morgan fingerprint density at radius 3 is 0.750 bits per heavy atom. The topological polar surface area (TPSA) is 92.2 Å². The summed E-state index contributed by atoms with van der Waals surface area (Å²) in [4.78, 5) is 34.3. The van der Waals surface area contributed by atoms with Crippen molar-refractivity contribution in [2.24, 2.45) is 0 Å². The molecule has 0 aromatic rings. The van der Waals surface area contributed by atoms with Gasteiger partial charge in [0.25, 0.3) is 0 Å². The van der Waals surface area contributed by atoms with Gasteiger partial charge in [0.05, 0.1) is 0 Å². The SMILES string of the molecule is [Na+].[Na+].[O-][Si]([O-])([O-])[O-].[Zr+4]. The zero-order valence-electron chi connectivity index (χ0n) is 4.63. The van der Waals surface area contributed by atoms with Gasteiger partial charge in [-0.05, 0) is 0 Å². The Morgan fingerprint density at radius 1 is 0.750 bits per heavy atom. The Balaban J connectivity index is -0.0000000267. The van der Waals surface area contributed by atoms with E-state index < -0.39 is 9.05 Å². The molecule has 8 heteroatoms. The Labute approximate surface area is 112 Å². The molecule has 0 aromatic carbocycles. The first-order valence-corrected chi connectivity index (χ1v) is 2.45. The van der Waals surface area contributed by atoms with Crippen LogP contribution in [0, 0.1) is 0 Å². The van der Waals surface area contributed by atoms with Crippen LogP contribution in [0.5, 0.6) is 0 Å². The molecule has 0 spiro atoms. The second-order valence-electron chi connectivity index (χ2n) is 0.500. The average molecular weight is 229 g/mol. The molecule has 0 amide bonds. The fourth-order valence-corrected chi connectivity index (χ4v) is 0. The van der Waals surface area contributed by atoms with Crippen molar-refractivity contribution in [2.45, 2.75) is 0 Å². The molecule has 0 aliphatic carbocycles. The Hall–Kier alpha value is 2.94. The van der Waals surface area contributed by atoms with Crippen LogP contribution in [0.2, 0.25) is 0 Å². The van der Waals surface area contributed by atoms with E-state index in [9.17, 15) is 0 Å². The Morgan fingerprint density at radius 2 is 0.750 bits per heavy atom. The van der Waals surface area contributed by atoms with Crippen LogP contribution >= 0.6 is 0 Å². The first-order valence-electron chi connectivity index (χ1n) is 0.816. The molecule has 0 rings (SSSR count). The normalized spacial score (nSPS) is 7.50. The second kappa shape index (κ2) is 9.94. The van der Waals surface area contributed by atoms with E-state index in [2.05, 4.69) is 0 Å². The first-order chi connectivity index (χ1) is 2.00. The number of hydrogen-bond donors (Lipinski definition) is 0. The molecule has 0 saturated carbocycles. The summed E-state index contributed by atoms with van der Waals surface area (Å²) in [7, 11) is -5.61. The maximum Gasteiger partial charge on any atom is 4.00 e. The van der Waals surface area contributed by atoms with E-state index in [-0.39, 0.29) is 85.3 Å². The molecule has 0 unspecified atom stereocenters. The molecule has 0 atom stereocenters. The van der Waals surface area contributed by atoms with Crippen LogP contribution in [0.15, 0.2) is 0 Å². The quantitative estimate of drug-likeness (QED) is 0.386. The predicted molar refractivity (Wildman–Crippen MR) is 5.75 cm³/mol. The Kier molecular flexibility index (Phi) is 27.9. The number of hydrogen-bond acceptors (Lipinski definition) is 4. The average Bonchev–Trinajstić information content (AvgIpc) is 0.722. The fourth-order valence-electron chi connectivity index (χ4n) is 0. The van der Waals surface area contributed by atoms with Gasteiger partial charge in [0.15, 0.2) is 0 Å². The summed E-state index contributed by atoms with van der Waals surface area (Å²) in [5.41, 5.74) is 0. The van der Waals surface area contributed by atoms with Crippen molar-refractivity contribution >= 4 is 9.05 Å². The number of rotatable bonds is 0. The van der Waals surface area contributed by atoms with E-state index in [0.29, 0.717) is 0 Å². The van der Waals surface area contributed by atoms with Crippen LogP contribution in [0.1, 0.15) is 0 Å². The molecule has 0 aromatic heterocycles. The van der Waals surface area contributed by atoms with Gasteiger partial charge in [0.2, 0.25) is 0 Å². The van der Waals surface area contributed by atoms with Gasteiger partial charge < -0.3 is 28.2 Å². The van der Waals surface area contributed by atoms with E-state index >= 15 is 0 Å². The molecular weight excluding hydrogens is 229 g/mol. The summed E-state index contributed by atoms with van der Waals surface area (Å²) < 4.78 is 0. The Bertz CT molecular complexity index is 29.5. The molecule has 0 N–H and O–H groups in total. The van der Waals surface area contributed by atoms with Gasteiger partial charge in [0.1, 0.15) is 0 Å². The van der Waals surface area contributed by atoms with Crippen molar-refractivity contribution in [1.29, 1.82) is 0 Å². The molecule has 4 nitrogen and oxygen atoms in total. The van der Waals surface area contributed by atoms with Crippen molar-refractivity contribution in [3.63, 3.8) is 0 Å². The minimum Gasteiger partial charge on any atom is -0.894 e. The van der Waals surface area contributed by atoms with Crippen LogP contribution in [-0.4, -0.2) is 9.05 Å². The molecule has 0 heterocycles. The smallest absolute Gasteiger partial charge is 0.894 e. The van der Waals surface area contributed by atoms with Crippen molar-refractivity contribution in [2.75, 3.05) is 0 Å². The van der Waals surface area contributed by atoms with E-state index in [4.69, 9.17) is 19.2 Å². The summed E-state index contributed by atoms with van der Waals surface area (Å²) in [6, 6.07) is 0. The third kappa shape index (κ3) is 65.2. The maximum atomic E-state index is 8.58. The van der Waals surface area contributed by atoms with Gasteiger partial charge in [0, 0.05) is 0 Å². The zero-order valence-corrected chi connectivity index (χ0v) is 12.1. The van der Waals surface area contributed by atoms with Gasteiger partial charge in [-0.1, -0.05) is 0 Å². The van der Waals surface area contributed by atoms with Crippen molar-refractivity contribution in [3.05, 3.63) is 0 Å². The van der Waals surface area contributed by atoms with E-state index in [1.807, 2.05) is 0 Å². The van der Waals surface area contributed by atoms with Crippen LogP contribution in [-0.2, 0) is 26.2 Å². The minimum absolute atomic E-state index is 0. The molecule has 32 valence electrons. The van der Waals surface area contributed by atoms with Crippen LogP contribution in [0.25, 0.3) is 0 Å².